The number of hydrogen-bond donors (Lipinski definition) is 1. The molecule has 38 heavy (non-hydrogen) atoms. The Morgan fingerprint density at radius 1 is 0.868 bits per heavy atom. The Bertz CT molecular complexity index is 1210. The molecule has 7 heteroatoms. The predicted molar refractivity (Wildman–Crippen MR) is 149 cm³/mol. The van der Waals surface area contributed by atoms with Crippen LogP contribution < -0.4 is 5.32 Å². The lowest BCUT2D eigenvalue weighted by molar-refractivity contribution is -0.132. The van der Waals surface area contributed by atoms with E-state index >= 15 is 0 Å². The van der Waals surface area contributed by atoms with Gasteiger partial charge in [0.05, 0.1) is 11.5 Å². The Hall–Kier alpha value is -2.47. The van der Waals surface area contributed by atoms with Crippen molar-refractivity contribution in [3.63, 3.8) is 0 Å². The largest absolute Gasteiger partial charge is 0.353 e. The van der Waals surface area contributed by atoms with Gasteiger partial charge in [-0.1, -0.05) is 66.7 Å². The van der Waals surface area contributed by atoms with Gasteiger partial charge in [0, 0.05) is 41.2 Å². The summed E-state index contributed by atoms with van der Waals surface area (Å²) in [6.45, 7) is 3.01. The summed E-state index contributed by atoms with van der Waals surface area (Å²) in [5.74, 6) is -1.64. The SMILES string of the molecule is C[C@@](C(=O)NC1CCCCC1)(c1cc(F)cc(F)c1)C1CN(C(c2ccc(Cl)cc2)c2ccc(Cl)cc2)C1. The van der Waals surface area contributed by atoms with Gasteiger partial charge in [-0.3, -0.25) is 9.69 Å². The molecule has 0 radical (unpaired) electrons. The van der Waals surface area contributed by atoms with Crippen molar-refractivity contribution in [1.82, 2.24) is 10.2 Å². The zero-order chi connectivity index (χ0) is 26.9. The van der Waals surface area contributed by atoms with Crippen LogP contribution in [0.2, 0.25) is 10.0 Å². The number of carbonyl (C=O) groups excluding carboxylic acids is 1. The third-order valence-electron chi connectivity index (χ3n) is 8.34. The Kier molecular flexibility index (Phi) is 8.08. The van der Waals surface area contributed by atoms with Crippen LogP contribution in [0.5, 0.6) is 0 Å². The third-order valence-corrected chi connectivity index (χ3v) is 8.84. The maximum atomic E-state index is 14.4. The minimum absolute atomic E-state index is 0.0734. The summed E-state index contributed by atoms with van der Waals surface area (Å²) in [5.41, 5.74) is 1.43. The van der Waals surface area contributed by atoms with Crippen molar-refractivity contribution in [2.45, 2.75) is 56.5 Å². The van der Waals surface area contributed by atoms with E-state index < -0.39 is 17.0 Å². The van der Waals surface area contributed by atoms with Crippen molar-refractivity contribution >= 4 is 29.1 Å². The van der Waals surface area contributed by atoms with Gasteiger partial charge in [0.2, 0.25) is 5.91 Å². The Labute approximate surface area is 233 Å². The van der Waals surface area contributed by atoms with E-state index in [0.717, 1.165) is 42.9 Å². The topological polar surface area (TPSA) is 32.3 Å². The van der Waals surface area contributed by atoms with Crippen molar-refractivity contribution in [3.05, 3.63) is 105 Å². The van der Waals surface area contributed by atoms with E-state index in [1.807, 2.05) is 55.5 Å². The molecule has 0 bridgehead atoms. The highest BCUT2D eigenvalue weighted by atomic mass is 35.5. The average molecular weight is 558 g/mol. The molecule has 1 saturated carbocycles. The molecule has 1 N–H and O–H groups in total. The molecule has 3 aromatic carbocycles. The first kappa shape index (κ1) is 27.1. The lowest BCUT2D eigenvalue weighted by Crippen LogP contribution is -2.62. The summed E-state index contributed by atoms with van der Waals surface area (Å²) in [6, 6.07) is 19.0. The Morgan fingerprint density at radius 3 is 1.87 bits per heavy atom. The molecule has 1 aliphatic carbocycles. The van der Waals surface area contributed by atoms with E-state index in [2.05, 4.69) is 10.2 Å². The van der Waals surface area contributed by atoms with Crippen LogP contribution in [0.15, 0.2) is 66.7 Å². The molecule has 0 unspecified atom stereocenters. The number of halogens is 4. The zero-order valence-corrected chi connectivity index (χ0v) is 22.9. The van der Waals surface area contributed by atoms with Crippen LogP contribution in [-0.2, 0) is 10.2 Å². The van der Waals surface area contributed by atoms with Gasteiger partial charge >= 0.3 is 0 Å². The summed E-state index contributed by atoms with van der Waals surface area (Å²) in [6.07, 6.45) is 5.21. The average Bonchev–Trinajstić information content (AvgIpc) is 2.87. The fourth-order valence-electron chi connectivity index (χ4n) is 5.98. The highest BCUT2D eigenvalue weighted by Gasteiger charge is 2.50. The molecule has 0 spiro atoms. The first-order valence-electron chi connectivity index (χ1n) is 13.3. The van der Waals surface area contributed by atoms with E-state index in [9.17, 15) is 13.6 Å². The number of carbonyl (C=O) groups is 1. The molecule has 1 atom stereocenters. The fraction of sp³-hybridized carbons (Fsp3) is 0.387. The van der Waals surface area contributed by atoms with Gasteiger partial charge in [-0.15, -0.1) is 0 Å². The van der Waals surface area contributed by atoms with Crippen LogP contribution in [-0.4, -0.2) is 29.9 Å². The first-order chi connectivity index (χ1) is 18.2. The summed E-state index contributed by atoms with van der Waals surface area (Å²) in [4.78, 5) is 16.2. The molecule has 0 aromatic heterocycles. The summed E-state index contributed by atoms with van der Waals surface area (Å²) in [7, 11) is 0. The number of rotatable bonds is 7. The lowest BCUT2D eigenvalue weighted by Gasteiger charge is -2.51. The second kappa shape index (κ2) is 11.3. The van der Waals surface area contributed by atoms with Crippen LogP contribution >= 0.6 is 23.2 Å². The zero-order valence-electron chi connectivity index (χ0n) is 21.4. The maximum absolute atomic E-state index is 14.4. The lowest BCUT2D eigenvalue weighted by atomic mass is 9.66. The van der Waals surface area contributed by atoms with Gasteiger partial charge in [-0.25, -0.2) is 8.78 Å². The fourth-order valence-corrected chi connectivity index (χ4v) is 6.23. The van der Waals surface area contributed by atoms with Crippen LogP contribution in [0.3, 0.4) is 0 Å². The molecule has 1 saturated heterocycles. The van der Waals surface area contributed by atoms with E-state index in [0.29, 0.717) is 28.7 Å². The molecule has 1 aliphatic heterocycles. The minimum atomic E-state index is -1.08. The van der Waals surface area contributed by atoms with E-state index in [1.54, 1.807) is 0 Å². The molecule has 2 fully saturated rings. The second-order valence-corrected chi connectivity index (χ2v) is 11.7. The number of benzene rings is 3. The number of likely N-dealkylation sites (tertiary alicyclic amines) is 1. The molecule has 5 rings (SSSR count). The van der Waals surface area contributed by atoms with E-state index in [1.165, 1.54) is 18.6 Å². The van der Waals surface area contributed by atoms with Crippen molar-refractivity contribution in [2.75, 3.05) is 13.1 Å². The van der Waals surface area contributed by atoms with Crippen LogP contribution in [0.4, 0.5) is 8.78 Å². The van der Waals surface area contributed by atoms with Crippen LogP contribution in [0.1, 0.15) is 61.8 Å². The van der Waals surface area contributed by atoms with Crippen molar-refractivity contribution in [3.8, 4) is 0 Å². The van der Waals surface area contributed by atoms with Crippen molar-refractivity contribution in [1.29, 1.82) is 0 Å². The molecular weight excluding hydrogens is 525 g/mol. The van der Waals surface area contributed by atoms with Gasteiger partial charge in [0.15, 0.2) is 0 Å². The van der Waals surface area contributed by atoms with Crippen molar-refractivity contribution in [2.24, 2.45) is 5.92 Å². The van der Waals surface area contributed by atoms with E-state index in [-0.39, 0.29) is 23.9 Å². The molecule has 1 heterocycles. The van der Waals surface area contributed by atoms with Crippen LogP contribution in [0.25, 0.3) is 0 Å². The third kappa shape index (κ3) is 5.61. The van der Waals surface area contributed by atoms with Gasteiger partial charge in [0.25, 0.3) is 0 Å². The van der Waals surface area contributed by atoms with Gasteiger partial charge in [0.1, 0.15) is 11.6 Å². The summed E-state index contributed by atoms with van der Waals surface area (Å²) < 4.78 is 28.7. The van der Waals surface area contributed by atoms with Gasteiger partial charge < -0.3 is 5.32 Å². The molecular formula is C31H32Cl2F2N2O. The van der Waals surface area contributed by atoms with E-state index in [4.69, 9.17) is 23.2 Å². The Morgan fingerprint density at radius 2 is 1.37 bits per heavy atom. The number of nitrogens with zero attached hydrogens (tertiary/aromatic N) is 1. The monoisotopic (exact) mass is 556 g/mol. The van der Waals surface area contributed by atoms with Gasteiger partial charge in [-0.2, -0.15) is 0 Å². The number of amides is 1. The standard InChI is InChI=1S/C31H32Cl2F2N2O/c1-31(22-15-26(34)17-27(35)16-22,30(38)36-28-5-3-2-4-6-28)23-18-37(19-23)29(20-7-11-24(32)12-8-20)21-9-13-25(33)14-10-21/h7-17,23,28-29H,2-6,18-19H2,1H3,(H,36,38)/t31-/m1/s1. The molecule has 1 amide bonds. The quantitative estimate of drug-likeness (QED) is 0.323. The highest BCUT2D eigenvalue weighted by Crippen LogP contribution is 2.44. The number of hydrogen-bond acceptors (Lipinski definition) is 2. The maximum Gasteiger partial charge on any atom is 0.230 e. The normalized spacial score (nSPS) is 18.7. The Balaban J connectivity index is 1.45. The summed E-state index contributed by atoms with van der Waals surface area (Å²) in [5, 5.41) is 4.55. The minimum Gasteiger partial charge on any atom is -0.353 e. The van der Waals surface area contributed by atoms with Crippen molar-refractivity contribution < 1.29 is 13.6 Å². The molecule has 2 aliphatic rings. The molecule has 3 aromatic rings. The second-order valence-electron chi connectivity index (χ2n) is 10.8. The number of nitrogens with one attached hydrogen (secondary N) is 1. The molecule has 200 valence electrons. The van der Waals surface area contributed by atoms with Gasteiger partial charge in [-0.05, 0) is 72.9 Å². The summed E-state index contributed by atoms with van der Waals surface area (Å²) >= 11 is 12.3. The predicted octanol–water partition coefficient (Wildman–Crippen LogP) is 7.70. The molecule has 3 nitrogen and oxygen atoms in total. The first-order valence-corrected chi connectivity index (χ1v) is 14.0. The smallest absolute Gasteiger partial charge is 0.230 e. The highest BCUT2D eigenvalue weighted by molar-refractivity contribution is 6.30. The van der Waals surface area contributed by atoms with Crippen LogP contribution in [0, 0.1) is 17.6 Å².